The molecule has 0 bridgehead atoms. The Hall–Kier alpha value is -1.57. The molecule has 0 saturated heterocycles. The first-order valence-corrected chi connectivity index (χ1v) is 8.02. The van der Waals surface area contributed by atoms with E-state index in [2.05, 4.69) is 10.4 Å². The van der Waals surface area contributed by atoms with Gasteiger partial charge in [-0.3, -0.25) is 9.48 Å². The maximum absolute atomic E-state index is 12.1. The van der Waals surface area contributed by atoms with Gasteiger partial charge in [-0.15, -0.1) is 5.10 Å². The summed E-state index contributed by atoms with van der Waals surface area (Å²) in [5.74, 6) is -0.630. The van der Waals surface area contributed by atoms with Crippen molar-refractivity contribution in [3.05, 3.63) is 11.8 Å². The van der Waals surface area contributed by atoms with E-state index >= 15 is 0 Å². The summed E-state index contributed by atoms with van der Waals surface area (Å²) in [5.41, 5.74) is -0.301. The minimum absolute atomic E-state index is 0.0772. The van der Waals surface area contributed by atoms with Crippen LogP contribution in [0, 0.1) is 0 Å². The molecule has 1 rings (SSSR count). The highest BCUT2D eigenvalue weighted by molar-refractivity contribution is 7.86. The van der Waals surface area contributed by atoms with Gasteiger partial charge in [0.2, 0.25) is 0 Å². The van der Waals surface area contributed by atoms with Crippen molar-refractivity contribution in [2.45, 2.75) is 46.2 Å². The quantitative estimate of drug-likeness (QED) is 0.842. The lowest BCUT2D eigenvalue weighted by atomic mass is 10.1. The Labute approximate surface area is 119 Å². The van der Waals surface area contributed by atoms with Crippen molar-refractivity contribution in [2.75, 3.05) is 6.26 Å². The molecule has 1 amide bonds. The van der Waals surface area contributed by atoms with E-state index in [0.717, 1.165) is 6.26 Å². The van der Waals surface area contributed by atoms with Crippen LogP contribution in [0.4, 0.5) is 0 Å². The molecule has 0 spiro atoms. The smallest absolute Gasteiger partial charge is 0.307 e. The van der Waals surface area contributed by atoms with Crippen LogP contribution in [-0.2, 0) is 15.7 Å². The van der Waals surface area contributed by atoms with Crippen LogP contribution in [0.15, 0.2) is 6.20 Å². The van der Waals surface area contributed by atoms with Gasteiger partial charge in [0.15, 0.2) is 0 Å². The van der Waals surface area contributed by atoms with E-state index in [1.807, 2.05) is 34.6 Å². The molecule has 1 aromatic rings. The number of carbonyl (C=O) groups is 1. The fraction of sp³-hybridized carbons (Fsp3) is 0.667. The largest absolute Gasteiger partial charge is 0.359 e. The van der Waals surface area contributed by atoms with Crippen molar-refractivity contribution in [3.8, 4) is 5.88 Å². The van der Waals surface area contributed by atoms with Crippen LogP contribution in [0.3, 0.4) is 0 Å². The van der Waals surface area contributed by atoms with Crippen LogP contribution in [-0.4, -0.2) is 36.4 Å². The van der Waals surface area contributed by atoms with Crippen molar-refractivity contribution in [1.29, 1.82) is 0 Å². The second-order valence-corrected chi connectivity index (χ2v) is 7.45. The van der Waals surface area contributed by atoms with Gasteiger partial charge in [-0.1, -0.05) is 0 Å². The zero-order valence-electron chi connectivity index (χ0n) is 12.6. The fourth-order valence-corrected chi connectivity index (χ4v) is 1.81. The minimum Gasteiger partial charge on any atom is -0.359 e. The monoisotopic (exact) mass is 303 g/mol. The molecular formula is C12H21N3O4S. The molecule has 0 aliphatic rings. The van der Waals surface area contributed by atoms with Crippen LogP contribution in [0.25, 0.3) is 0 Å². The highest BCUT2D eigenvalue weighted by Crippen LogP contribution is 2.22. The molecular weight excluding hydrogens is 282 g/mol. The molecule has 1 heterocycles. The Kier molecular flexibility index (Phi) is 4.48. The standard InChI is InChI=1S/C12H21N3O4S/c1-8(2)13-10(16)9-7-15(12(3,4)5)14-11(9)19-20(6,17)18/h7-8H,1-6H3,(H,13,16). The van der Waals surface area contributed by atoms with Crippen molar-refractivity contribution in [2.24, 2.45) is 0 Å². The van der Waals surface area contributed by atoms with Crippen LogP contribution < -0.4 is 9.50 Å². The Morgan fingerprint density at radius 3 is 2.35 bits per heavy atom. The van der Waals surface area contributed by atoms with Gasteiger partial charge in [-0.2, -0.15) is 8.42 Å². The van der Waals surface area contributed by atoms with E-state index in [1.165, 1.54) is 10.9 Å². The molecule has 0 unspecified atom stereocenters. The zero-order valence-corrected chi connectivity index (χ0v) is 13.4. The molecule has 0 radical (unpaired) electrons. The Morgan fingerprint density at radius 2 is 1.95 bits per heavy atom. The lowest BCUT2D eigenvalue weighted by Gasteiger charge is -2.18. The van der Waals surface area contributed by atoms with E-state index in [9.17, 15) is 13.2 Å². The van der Waals surface area contributed by atoms with Crippen molar-refractivity contribution >= 4 is 16.0 Å². The van der Waals surface area contributed by atoms with Gasteiger partial charge in [0, 0.05) is 12.2 Å². The minimum atomic E-state index is -3.75. The summed E-state index contributed by atoms with van der Waals surface area (Å²) in [6, 6.07) is -0.0772. The van der Waals surface area contributed by atoms with Gasteiger partial charge >= 0.3 is 10.1 Å². The van der Waals surface area contributed by atoms with Crippen molar-refractivity contribution in [1.82, 2.24) is 15.1 Å². The molecule has 0 saturated carbocycles. The van der Waals surface area contributed by atoms with Crippen LogP contribution in [0.2, 0.25) is 0 Å². The predicted octanol–water partition coefficient (Wildman–Crippen LogP) is 1.11. The molecule has 1 aromatic heterocycles. The van der Waals surface area contributed by atoms with Crippen LogP contribution >= 0.6 is 0 Å². The Balaban J connectivity index is 3.26. The third kappa shape index (κ3) is 4.52. The summed E-state index contributed by atoms with van der Waals surface area (Å²) in [7, 11) is -3.75. The van der Waals surface area contributed by atoms with E-state index in [1.54, 1.807) is 0 Å². The topological polar surface area (TPSA) is 90.3 Å². The number of hydrogen-bond acceptors (Lipinski definition) is 5. The third-order valence-electron chi connectivity index (χ3n) is 2.26. The third-order valence-corrected chi connectivity index (χ3v) is 2.72. The zero-order chi connectivity index (χ0) is 15.7. The van der Waals surface area contributed by atoms with E-state index in [0.29, 0.717) is 0 Å². The maximum atomic E-state index is 12.1. The number of amides is 1. The van der Waals surface area contributed by atoms with Gasteiger partial charge in [0.05, 0.1) is 11.8 Å². The van der Waals surface area contributed by atoms with Crippen LogP contribution in [0.1, 0.15) is 45.0 Å². The van der Waals surface area contributed by atoms with Gasteiger partial charge in [0.25, 0.3) is 11.8 Å². The molecule has 0 fully saturated rings. The average molecular weight is 303 g/mol. The second kappa shape index (κ2) is 5.43. The maximum Gasteiger partial charge on any atom is 0.307 e. The molecule has 7 nitrogen and oxygen atoms in total. The highest BCUT2D eigenvalue weighted by atomic mass is 32.2. The van der Waals surface area contributed by atoms with E-state index < -0.39 is 21.6 Å². The molecule has 20 heavy (non-hydrogen) atoms. The summed E-state index contributed by atoms with van der Waals surface area (Å²) in [5, 5.41) is 6.73. The summed E-state index contributed by atoms with van der Waals surface area (Å²) >= 11 is 0. The normalized spacial score (nSPS) is 12.6. The lowest BCUT2D eigenvalue weighted by molar-refractivity contribution is 0.0941. The number of hydrogen-bond donors (Lipinski definition) is 1. The van der Waals surface area contributed by atoms with Gasteiger partial charge in [-0.25, -0.2) is 0 Å². The Morgan fingerprint density at radius 1 is 1.40 bits per heavy atom. The Bertz CT molecular complexity index is 597. The molecule has 0 aliphatic heterocycles. The molecule has 0 atom stereocenters. The van der Waals surface area contributed by atoms with E-state index in [4.69, 9.17) is 4.18 Å². The number of aromatic nitrogens is 2. The SMILES string of the molecule is CC(C)NC(=O)c1cn(C(C)(C)C)nc1OS(C)(=O)=O. The molecule has 8 heteroatoms. The molecule has 114 valence electrons. The molecule has 0 aromatic carbocycles. The predicted molar refractivity (Wildman–Crippen MR) is 75.3 cm³/mol. The van der Waals surface area contributed by atoms with Gasteiger partial charge < -0.3 is 9.50 Å². The molecule has 1 N–H and O–H groups in total. The van der Waals surface area contributed by atoms with Gasteiger partial charge in [0.1, 0.15) is 5.56 Å². The highest BCUT2D eigenvalue weighted by Gasteiger charge is 2.25. The van der Waals surface area contributed by atoms with Crippen molar-refractivity contribution in [3.63, 3.8) is 0 Å². The first-order chi connectivity index (χ1) is 8.90. The number of nitrogens with one attached hydrogen (secondary N) is 1. The van der Waals surface area contributed by atoms with Crippen LogP contribution in [0.5, 0.6) is 5.88 Å². The lowest BCUT2D eigenvalue weighted by Crippen LogP contribution is -2.30. The first kappa shape index (κ1) is 16.5. The van der Waals surface area contributed by atoms with E-state index in [-0.39, 0.29) is 17.5 Å². The van der Waals surface area contributed by atoms with Crippen molar-refractivity contribution < 1.29 is 17.4 Å². The summed E-state index contributed by atoms with van der Waals surface area (Å²) in [4.78, 5) is 12.1. The number of rotatable bonds is 4. The number of carbonyl (C=O) groups excluding carboxylic acids is 1. The second-order valence-electron chi connectivity index (χ2n) is 5.88. The average Bonchev–Trinajstić information content (AvgIpc) is 2.56. The number of nitrogens with zero attached hydrogens (tertiary/aromatic N) is 2. The fourth-order valence-electron chi connectivity index (χ4n) is 1.40. The summed E-state index contributed by atoms with van der Waals surface area (Å²) in [6.07, 6.45) is 2.39. The first-order valence-electron chi connectivity index (χ1n) is 6.20. The molecule has 0 aliphatic carbocycles. The summed E-state index contributed by atoms with van der Waals surface area (Å²) < 4.78 is 28.8. The summed E-state index contributed by atoms with van der Waals surface area (Å²) in [6.45, 7) is 9.27. The van der Waals surface area contributed by atoms with Gasteiger partial charge in [-0.05, 0) is 34.6 Å².